The van der Waals surface area contributed by atoms with Gasteiger partial charge >= 0.3 is 0 Å². The fourth-order valence-corrected chi connectivity index (χ4v) is 5.72. The van der Waals surface area contributed by atoms with Crippen molar-refractivity contribution in [3.8, 4) is 10.6 Å². The summed E-state index contributed by atoms with van der Waals surface area (Å²) in [6.45, 7) is 5.84. The summed E-state index contributed by atoms with van der Waals surface area (Å²) in [5.41, 5.74) is 3.71. The van der Waals surface area contributed by atoms with Crippen LogP contribution in [0.5, 0.6) is 0 Å². The van der Waals surface area contributed by atoms with E-state index in [1.807, 2.05) is 19.2 Å². The fourth-order valence-electron chi connectivity index (χ4n) is 4.65. The topological polar surface area (TPSA) is 75.6 Å². The van der Waals surface area contributed by atoms with Crippen LogP contribution >= 0.6 is 11.3 Å². The summed E-state index contributed by atoms with van der Waals surface area (Å²) in [6.07, 6.45) is 6.79. The molecule has 2 atom stereocenters. The maximum Gasteiger partial charge on any atom is 0.248 e. The first-order valence-electron chi connectivity index (χ1n) is 11.9. The molecule has 2 aliphatic rings. The van der Waals surface area contributed by atoms with Crippen molar-refractivity contribution >= 4 is 33.3 Å². The molecule has 3 heterocycles. The summed E-state index contributed by atoms with van der Waals surface area (Å²) in [5.74, 6) is -1.53. The maximum atomic E-state index is 13.9. The van der Waals surface area contributed by atoms with Gasteiger partial charge in [-0.05, 0) is 58.4 Å². The lowest BCUT2D eigenvalue weighted by atomic mass is 10.0. The molecule has 9 heteroatoms. The second-order valence-corrected chi connectivity index (χ2v) is 10.5. The monoisotopic (exact) mass is 472 g/mol. The van der Waals surface area contributed by atoms with E-state index in [9.17, 15) is 8.78 Å². The normalized spacial score (nSPS) is 21.0. The number of aryl methyl sites for hydroxylation is 1. The van der Waals surface area contributed by atoms with E-state index in [4.69, 9.17) is 9.97 Å². The molecule has 0 radical (unpaired) electrons. The van der Waals surface area contributed by atoms with E-state index in [0.29, 0.717) is 36.9 Å². The molecule has 0 saturated heterocycles. The summed E-state index contributed by atoms with van der Waals surface area (Å²) in [7, 11) is 0. The Kier molecular flexibility index (Phi) is 5.93. The number of hydrogen-bond acceptors (Lipinski definition) is 7. The SMILES string of the molecule is CCCNc1nc(C)c(-c2nc3c(C4CC4)nccc3s2)c(NC2CCC(C(C)(F)F)C2)n1. The van der Waals surface area contributed by atoms with Gasteiger partial charge < -0.3 is 10.6 Å². The van der Waals surface area contributed by atoms with Crippen LogP contribution in [0.15, 0.2) is 12.3 Å². The molecule has 0 aromatic carbocycles. The number of hydrogen-bond donors (Lipinski definition) is 2. The molecule has 176 valence electrons. The zero-order valence-corrected chi connectivity index (χ0v) is 20.1. The molecule has 2 aliphatic carbocycles. The number of fused-ring (bicyclic) bond motifs is 1. The van der Waals surface area contributed by atoms with Crippen molar-refractivity contribution in [3.05, 3.63) is 23.7 Å². The molecule has 2 N–H and O–H groups in total. The predicted octanol–water partition coefficient (Wildman–Crippen LogP) is 6.39. The Balaban J connectivity index is 1.52. The minimum Gasteiger partial charge on any atom is -0.367 e. The highest BCUT2D eigenvalue weighted by atomic mass is 32.1. The number of rotatable bonds is 8. The van der Waals surface area contributed by atoms with Gasteiger partial charge in [-0.2, -0.15) is 4.98 Å². The molecule has 2 fully saturated rings. The first kappa shape index (κ1) is 22.4. The van der Waals surface area contributed by atoms with Gasteiger partial charge in [-0.1, -0.05) is 6.92 Å². The van der Waals surface area contributed by atoms with Crippen molar-refractivity contribution in [1.29, 1.82) is 0 Å². The van der Waals surface area contributed by atoms with Crippen LogP contribution in [0, 0.1) is 12.8 Å². The molecule has 2 unspecified atom stereocenters. The minimum absolute atomic E-state index is 0.0500. The summed E-state index contributed by atoms with van der Waals surface area (Å²) >= 11 is 1.61. The highest BCUT2D eigenvalue weighted by Gasteiger charge is 2.40. The third-order valence-corrected chi connectivity index (χ3v) is 7.66. The van der Waals surface area contributed by atoms with Gasteiger partial charge in [0.05, 0.1) is 21.7 Å². The van der Waals surface area contributed by atoms with Gasteiger partial charge in [-0.15, -0.1) is 11.3 Å². The second-order valence-electron chi connectivity index (χ2n) is 9.43. The van der Waals surface area contributed by atoms with E-state index < -0.39 is 11.8 Å². The van der Waals surface area contributed by atoms with Crippen LogP contribution in [0.25, 0.3) is 20.8 Å². The summed E-state index contributed by atoms with van der Waals surface area (Å²) < 4.78 is 28.9. The number of halogens is 2. The lowest BCUT2D eigenvalue weighted by molar-refractivity contribution is -0.0369. The molecule has 0 spiro atoms. The smallest absolute Gasteiger partial charge is 0.248 e. The average molecular weight is 473 g/mol. The van der Waals surface area contributed by atoms with Crippen LogP contribution in [0.1, 0.15) is 69.7 Å². The number of aromatic nitrogens is 4. The number of nitrogens with one attached hydrogen (secondary N) is 2. The van der Waals surface area contributed by atoms with E-state index in [1.165, 1.54) is 0 Å². The van der Waals surface area contributed by atoms with Crippen molar-refractivity contribution in [2.75, 3.05) is 17.2 Å². The highest BCUT2D eigenvalue weighted by Crippen LogP contribution is 2.45. The van der Waals surface area contributed by atoms with Gasteiger partial charge in [-0.25, -0.2) is 18.7 Å². The molecule has 5 rings (SSSR count). The Morgan fingerprint density at radius 1 is 1.15 bits per heavy atom. The highest BCUT2D eigenvalue weighted by molar-refractivity contribution is 7.21. The van der Waals surface area contributed by atoms with Crippen LogP contribution in [0.4, 0.5) is 20.5 Å². The minimum atomic E-state index is -2.66. The van der Waals surface area contributed by atoms with E-state index >= 15 is 0 Å². The van der Waals surface area contributed by atoms with E-state index in [1.54, 1.807) is 11.3 Å². The quantitative estimate of drug-likeness (QED) is 0.396. The zero-order chi connectivity index (χ0) is 23.2. The maximum absolute atomic E-state index is 13.9. The summed E-state index contributed by atoms with van der Waals surface area (Å²) in [6, 6.07) is 1.96. The third-order valence-electron chi connectivity index (χ3n) is 6.63. The van der Waals surface area contributed by atoms with Gasteiger partial charge in [-0.3, -0.25) is 4.98 Å². The standard InChI is InChI=1S/C24H30F2N6S/c1-4-10-28-23-29-13(2)18(21(32-23)30-16-8-7-15(12-16)24(3,25)26)22-31-20-17(33-22)9-11-27-19(20)14-5-6-14/h9,11,14-16H,4-8,10,12H2,1-3H3,(H2,28,29,30,32). The van der Waals surface area contributed by atoms with Crippen LogP contribution in [0.3, 0.4) is 0 Å². The summed E-state index contributed by atoms with van der Waals surface area (Å²) in [5, 5.41) is 7.59. The lowest BCUT2D eigenvalue weighted by Crippen LogP contribution is -2.24. The molecule has 0 bridgehead atoms. The van der Waals surface area contributed by atoms with Crippen LogP contribution in [0.2, 0.25) is 0 Å². The first-order chi connectivity index (χ1) is 15.8. The van der Waals surface area contributed by atoms with E-state index in [0.717, 1.165) is 64.9 Å². The Hall–Kier alpha value is -2.42. The second kappa shape index (κ2) is 8.74. The fraction of sp³-hybridized carbons (Fsp3) is 0.583. The van der Waals surface area contributed by atoms with Crippen molar-refractivity contribution in [2.24, 2.45) is 5.92 Å². The molecule has 33 heavy (non-hydrogen) atoms. The zero-order valence-electron chi connectivity index (χ0n) is 19.3. The average Bonchev–Trinajstić information content (AvgIpc) is 3.33. The molecule has 0 aliphatic heterocycles. The summed E-state index contributed by atoms with van der Waals surface area (Å²) in [4.78, 5) is 19.0. The Labute approximate surface area is 196 Å². The molecule has 6 nitrogen and oxygen atoms in total. The Morgan fingerprint density at radius 3 is 2.67 bits per heavy atom. The van der Waals surface area contributed by atoms with E-state index in [2.05, 4.69) is 27.5 Å². The lowest BCUT2D eigenvalue weighted by Gasteiger charge is -2.20. The van der Waals surface area contributed by atoms with E-state index in [-0.39, 0.29) is 6.04 Å². The van der Waals surface area contributed by atoms with Crippen molar-refractivity contribution in [1.82, 2.24) is 19.9 Å². The van der Waals surface area contributed by atoms with Crippen molar-refractivity contribution in [2.45, 2.75) is 77.2 Å². The van der Waals surface area contributed by atoms with Gasteiger partial charge in [0.25, 0.3) is 0 Å². The third kappa shape index (κ3) is 4.65. The van der Waals surface area contributed by atoms with Crippen molar-refractivity contribution in [3.63, 3.8) is 0 Å². The van der Waals surface area contributed by atoms with Gasteiger partial charge in [0, 0.05) is 30.6 Å². The molecule has 3 aromatic heterocycles. The molecule has 3 aromatic rings. The van der Waals surface area contributed by atoms with Crippen LogP contribution in [-0.2, 0) is 0 Å². The molecule has 0 amide bonds. The molecular weight excluding hydrogens is 442 g/mol. The first-order valence-corrected chi connectivity index (χ1v) is 12.7. The number of pyridine rings is 1. The molecular formula is C24H30F2N6S. The largest absolute Gasteiger partial charge is 0.367 e. The van der Waals surface area contributed by atoms with Crippen LogP contribution in [-0.4, -0.2) is 38.4 Å². The number of anilines is 2. The van der Waals surface area contributed by atoms with Crippen LogP contribution < -0.4 is 10.6 Å². The molecule has 2 saturated carbocycles. The predicted molar refractivity (Wildman–Crippen MR) is 129 cm³/mol. The number of alkyl halides is 2. The number of thiazole rings is 1. The number of nitrogens with zero attached hydrogens (tertiary/aromatic N) is 4. The Bertz CT molecular complexity index is 1150. The van der Waals surface area contributed by atoms with Gasteiger partial charge in [0.2, 0.25) is 11.9 Å². The Morgan fingerprint density at radius 2 is 1.97 bits per heavy atom. The van der Waals surface area contributed by atoms with Gasteiger partial charge in [0.1, 0.15) is 16.3 Å². The van der Waals surface area contributed by atoms with Gasteiger partial charge in [0.15, 0.2) is 0 Å². The van der Waals surface area contributed by atoms with Crippen molar-refractivity contribution < 1.29 is 8.78 Å².